The van der Waals surface area contributed by atoms with E-state index in [2.05, 4.69) is 5.32 Å². The molecule has 0 saturated heterocycles. The Bertz CT molecular complexity index is 454. The smallest absolute Gasteiger partial charge is 0.161 e. The highest BCUT2D eigenvalue weighted by Crippen LogP contribution is 2.34. The molecule has 0 saturated carbocycles. The van der Waals surface area contributed by atoms with E-state index in [-0.39, 0.29) is 11.3 Å². The first-order chi connectivity index (χ1) is 8.49. The third-order valence-electron chi connectivity index (χ3n) is 3.04. The third-order valence-corrected chi connectivity index (χ3v) is 3.04. The summed E-state index contributed by atoms with van der Waals surface area (Å²) in [6.45, 7) is 7.20. The van der Waals surface area contributed by atoms with Gasteiger partial charge in [-0.3, -0.25) is 4.79 Å². The number of ketones is 1. The van der Waals surface area contributed by atoms with Crippen molar-refractivity contribution in [3.63, 3.8) is 0 Å². The van der Waals surface area contributed by atoms with Crippen LogP contribution in [0.1, 0.15) is 26.3 Å². The SMILES string of the molecule is CC(=O)CNC(C)(C)c1ccc2c(c1)OCCO2. The van der Waals surface area contributed by atoms with Gasteiger partial charge < -0.3 is 14.8 Å². The van der Waals surface area contributed by atoms with E-state index in [4.69, 9.17) is 9.47 Å². The van der Waals surface area contributed by atoms with Crippen LogP contribution < -0.4 is 14.8 Å². The van der Waals surface area contributed by atoms with Gasteiger partial charge in [0.25, 0.3) is 0 Å². The summed E-state index contributed by atoms with van der Waals surface area (Å²) in [7, 11) is 0. The Labute approximate surface area is 107 Å². The molecule has 0 aliphatic carbocycles. The van der Waals surface area contributed by atoms with E-state index in [9.17, 15) is 4.79 Å². The highest BCUT2D eigenvalue weighted by molar-refractivity contribution is 5.77. The van der Waals surface area contributed by atoms with Crippen molar-refractivity contribution in [3.05, 3.63) is 23.8 Å². The van der Waals surface area contributed by atoms with E-state index in [0.717, 1.165) is 17.1 Å². The van der Waals surface area contributed by atoms with Crippen LogP contribution in [-0.4, -0.2) is 25.5 Å². The highest BCUT2D eigenvalue weighted by Gasteiger charge is 2.23. The van der Waals surface area contributed by atoms with Crippen LogP contribution >= 0.6 is 0 Å². The Hall–Kier alpha value is -1.55. The number of fused-ring (bicyclic) bond motifs is 1. The summed E-state index contributed by atoms with van der Waals surface area (Å²) in [4.78, 5) is 11.0. The summed E-state index contributed by atoms with van der Waals surface area (Å²) in [5.74, 6) is 1.68. The topological polar surface area (TPSA) is 47.6 Å². The molecule has 0 unspecified atom stereocenters. The van der Waals surface area contributed by atoms with Gasteiger partial charge >= 0.3 is 0 Å². The Balaban J connectivity index is 2.19. The average Bonchev–Trinajstić information content (AvgIpc) is 2.36. The molecule has 0 atom stereocenters. The van der Waals surface area contributed by atoms with E-state index < -0.39 is 0 Å². The zero-order valence-electron chi connectivity index (χ0n) is 11.1. The van der Waals surface area contributed by atoms with Gasteiger partial charge in [-0.2, -0.15) is 0 Å². The summed E-state index contributed by atoms with van der Waals surface area (Å²) in [6, 6.07) is 5.89. The van der Waals surface area contributed by atoms with Gasteiger partial charge in [0.15, 0.2) is 11.5 Å². The Morgan fingerprint density at radius 2 is 1.94 bits per heavy atom. The maximum atomic E-state index is 11.0. The van der Waals surface area contributed by atoms with E-state index in [1.165, 1.54) is 0 Å². The molecule has 0 spiro atoms. The molecule has 1 aliphatic heterocycles. The lowest BCUT2D eigenvalue weighted by atomic mass is 9.93. The highest BCUT2D eigenvalue weighted by atomic mass is 16.6. The van der Waals surface area contributed by atoms with Crippen LogP contribution in [0.5, 0.6) is 11.5 Å². The normalized spacial score (nSPS) is 14.4. The van der Waals surface area contributed by atoms with Crippen molar-refractivity contribution in [2.45, 2.75) is 26.3 Å². The lowest BCUT2D eigenvalue weighted by Crippen LogP contribution is -2.39. The monoisotopic (exact) mass is 249 g/mol. The summed E-state index contributed by atoms with van der Waals surface area (Å²) >= 11 is 0. The minimum absolute atomic E-state index is 0.126. The zero-order valence-corrected chi connectivity index (χ0v) is 11.1. The van der Waals surface area contributed by atoms with Gasteiger partial charge in [-0.05, 0) is 38.5 Å². The molecule has 1 aromatic carbocycles. The molecule has 2 rings (SSSR count). The third kappa shape index (κ3) is 2.82. The standard InChI is InChI=1S/C14H19NO3/c1-10(16)9-15-14(2,3)11-4-5-12-13(8-11)18-7-6-17-12/h4-5,8,15H,6-7,9H2,1-3H3. The Kier molecular flexibility index (Phi) is 3.57. The lowest BCUT2D eigenvalue weighted by Gasteiger charge is -2.28. The molecule has 1 aliphatic rings. The molecule has 1 heterocycles. The second kappa shape index (κ2) is 4.98. The molecule has 1 N–H and O–H groups in total. The van der Waals surface area contributed by atoms with Gasteiger partial charge in [-0.1, -0.05) is 6.07 Å². The number of carbonyl (C=O) groups excluding carboxylic acids is 1. The van der Waals surface area contributed by atoms with Gasteiger partial charge in [-0.25, -0.2) is 0 Å². The van der Waals surface area contributed by atoms with E-state index in [0.29, 0.717) is 19.8 Å². The molecule has 0 fully saturated rings. The molecule has 98 valence electrons. The van der Waals surface area contributed by atoms with Gasteiger partial charge in [0.05, 0.1) is 6.54 Å². The molecule has 4 heteroatoms. The number of benzene rings is 1. The Morgan fingerprint density at radius 1 is 1.28 bits per heavy atom. The molecule has 0 bridgehead atoms. The van der Waals surface area contributed by atoms with Gasteiger partial charge in [0.1, 0.15) is 19.0 Å². The number of hydrogen-bond donors (Lipinski definition) is 1. The fourth-order valence-corrected chi connectivity index (χ4v) is 1.88. The van der Waals surface area contributed by atoms with E-state index in [1.807, 2.05) is 32.0 Å². The molecule has 18 heavy (non-hydrogen) atoms. The second-order valence-corrected chi connectivity index (χ2v) is 5.04. The molecule has 0 aromatic heterocycles. The molecule has 0 amide bonds. The maximum Gasteiger partial charge on any atom is 0.161 e. The average molecular weight is 249 g/mol. The fourth-order valence-electron chi connectivity index (χ4n) is 1.88. The van der Waals surface area contributed by atoms with Crippen molar-refractivity contribution >= 4 is 5.78 Å². The summed E-state index contributed by atoms with van der Waals surface area (Å²) in [6.07, 6.45) is 0. The van der Waals surface area contributed by atoms with Crippen LogP contribution in [-0.2, 0) is 10.3 Å². The summed E-state index contributed by atoms with van der Waals surface area (Å²) in [5, 5.41) is 3.24. The minimum Gasteiger partial charge on any atom is -0.486 e. The first kappa shape index (κ1) is 12.9. The lowest BCUT2D eigenvalue weighted by molar-refractivity contribution is -0.116. The number of carbonyl (C=O) groups is 1. The molecule has 1 aromatic rings. The molecule has 0 radical (unpaired) electrons. The summed E-state index contributed by atoms with van der Waals surface area (Å²) < 4.78 is 11.1. The second-order valence-electron chi connectivity index (χ2n) is 5.04. The van der Waals surface area contributed by atoms with Crippen LogP contribution in [0.25, 0.3) is 0 Å². The quantitative estimate of drug-likeness (QED) is 0.885. The van der Waals surface area contributed by atoms with Crippen molar-refractivity contribution in [2.75, 3.05) is 19.8 Å². The fraction of sp³-hybridized carbons (Fsp3) is 0.500. The molecule has 4 nitrogen and oxygen atoms in total. The predicted octanol–water partition coefficient (Wildman–Crippen LogP) is 1.87. The van der Waals surface area contributed by atoms with Crippen LogP contribution in [0.2, 0.25) is 0 Å². The predicted molar refractivity (Wildman–Crippen MR) is 69.1 cm³/mol. The molecular weight excluding hydrogens is 230 g/mol. The number of hydrogen-bond acceptors (Lipinski definition) is 4. The van der Waals surface area contributed by atoms with Crippen LogP contribution in [0.3, 0.4) is 0 Å². The molecular formula is C14H19NO3. The van der Waals surface area contributed by atoms with Crippen LogP contribution in [0, 0.1) is 0 Å². The van der Waals surface area contributed by atoms with Crippen molar-refractivity contribution in [1.29, 1.82) is 0 Å². The van der Waals surface area contributed by atoms with Gasteiger partial charge in [0.2, 0.25) is 0 Å². The summed E-state index contributed by atoms with van der Waals surface area (Å²) in [5.41, 5.74) is 0.801. The van der Waals surface area contributed by atoms with Crippen LogP contribution in [0.15, 0.2) is 18.2 Å². The minimum atomic E-state index is -0.276. The van der Waals surface area contributed by atoms with Crippen LogP contribution in [0.4, 0.5) is 0 Å². The first-order valence-corrected chi connectivity index (χ1v) is 6.13. The van der Waals surface area contributed by atoms with Gasteiger partial charge in [0, 0.05) is 5.54 Å². The van der Waals surface area contributed by atoms with Crippen molar-refractivity contribution in [3.8, 4) is 11.5 Å². The van der Waals surface area contributed by atoms with E-state index >= 15 is 0 Å². The van der Waals surface area contributed by atoms with Gasteiger partial charge in [-0.15, -0.1) is 0 Å². The first-order valence-electron chi connectivity index (χ1n) is 6.13. The Morgan fingerprint density at radius 3 is 2.61 bits per heavy atom. The van der Waals surface area contributed by atoms with Crippen molar-refractivity contribution in [1.82, 2.24) is 5.32 Å². The van der Waals surface area contributed by atoms with Crippen molar-refractivity contribution < 1.29 is 14.3 Å². The van der Waals surface area contributed by atoms with E-state index in [1.54, 1.807) is 6.92 Å². The maximum absolute atomic E-state index is 11.0. The number of nitrogens with one attached hydrogen (secondary N) is 1. The zero-order chi connectivity index (χ0) is 13.2. The number of Topliss-reactive ketones (excluding diaryl/α,β-unsaturated/α-hetero) is 1. The van der Waals surface area contributed by atoms with Crippen molar-refractivity contribution in [2.24, 2.45) is 0 Å². The number of rotatable bonds is 4. The number of ether oxygens (including phenoxy) is 2. The largest absolute Gasteiger partial charge is 0.486 e.